The number of aliphatic hydroxyl groups is 1. The van der Waals surface area contributed by atoms with Crippen LogP contribution in [-0.4, -0.2) is 60.6 Å². The lowest BCUT2D eigenvalue weighted by molar-refractivity contribution is -0.274. The van der Waals surface area contributed by atoms with Crippen LogP contribution in [0.4, 0.5) is 18.9 Å². The third kappa shape index (κ3) is 7.47. The summed E-state index contributed by atoms with van der Waals surface area (Å²) in [5.41, 5.74) is -0.321. The SMILES string of the molecule is N#Cc1cc(OC(F)(F)F)cc(N(CCC2CCN(Cc3ccccc3)CC2)C(=O)C2(O)CCNCC2)c1. The molecule has 0 aliphatic carbocycles. The van der Waals surface area contributed by atoms with Crippen LogP contribution in [0, 0.1) is 17.2 Å². The van der Waals surface area contributed by atoms with Crippen molar-refractivity contribution in [2.24, 2.45) is 5.92 Å². The number of nitriles is 1. The summed E-state index contributed by atoms with van der Waals surface area (Å²) in [6, 6.07) is 15.6. The van der Waals surface area contributed by atoms with Gasteiger partial charge in [0.15, 0.2) is 0 Å². The van der Waals surface area contributed by atoms with E-state index in [0.29, 0.717) is 25.4 Å². The van der Waals surface area contributed by atoms with Crippen LogP contribution >= 0.6 is 0 Å². The van der Waals surface area contributed by atoms with Gasteiger partial charge in [-0.1, -0.05) is 30.3 Å². The number of nitrogens with zero attached hydrogens (tertiary/aromatic N) is 3. The quantitative estimate of drug-likeness (QED) is 0.532. The van der Waals surface area contributed by atoms with E-state index in [4.69, 9.17) is 0 Å². The van der Waals surface area contributed by atoms with Gasteiger partial charge < -0.3 is 20.1 Å². The van der Waals surface area contributed by atoms with Crippen molar-refractivity contribution in [3.63, 3.8) is 0 Å². The first kappa shape index (κ1) is 27.9. The molecular formula is C28H33F3N4O3. The van der Waals surface area contributed by atoms with E-state index in [9.17, 15) is 28.3 Å². The van der Waals surface area contributed by atoms with Crippen molar-refractivity contribution in [2.75, 3.05) is 37.6 Å². The highest BCUT2D eigenvalue weighted by molar-refractivity contribution is 5.99. The number of hydrogen-bond donors (Lipinski definition) is 2. The highest BCUT2D eigenvalue weighted by Crippen LogP contribution is 2.32. The first-order chi connectivity index (χ1) is 18.1. The Morgan fingerprint density at radius 1 is 1.16 bits per heavy atom. The minimum Gasteiger partial charge on any atom is -0.406 e. The fourth-order valence-electron chi connectivity index (χ4n) is 5.24. The molecule has 10 heteroatoms. The Balaban J connectivity index is 1.49. The van der Waals surface area contributed by atoms with Crippen LogP contribution in [0.25, 0.3) is 0 Å². The standard InChI is InChI=1S/C28H33F3N4O3/c29-28(30,31)38-25-17-23(19-32)16-24(18-25)35(26(36)27(37)9-11-33-12-10-27)15-8-21-6-13-34(14-7-21)20-22-4-2-1-3-5-22/h1-5,16-18,21,33,37H,6-15,20H2. The van der Waals surface area contributed by atoms with Gasteiger partial charge in [0.2, 0.25) is 0 Å². The number of rotatable bonds is 8. The van der Waals surface area contributed by atoms with Gasteiger partial charge in [-0.3, -0.25) is 9.69 Å². The van der Waals surface area contributed by atoms with E-state index >= 15 is 0 Å². The van der Waals surface area contributed by atoms with E-state index in [2.05, 4.69) is 27.1 Å². The number of carbonyl (C=O) groups excluding carboxylic acids is 1. The van der Waals surface area contributed by atoms with Gasteiger partial charge in [0.05, 0.1) is 11.6 Å². The molecule has 0 unspecified atom stereocenters. The number of amides is 1. The molecule has 0 atom stereocenters. The molecule has 7 nitrogen and oxygen atoms in total. The lowest BCUT2D eigenvalue weighted by atomic mass is 9.89. The number of alkyl halides is 3. The number of piperidine rings is 2. The average molecular weight is 531 g/mol. The maximum absolute atomic E-state index is 13.6. The zero-order chi connectivity index (χ0) is 27.2. The predicted octanol–water partition coefficient (Wildman–Crippen LogP) is 4.21. The molecule has 4 rings (SSSR count). The molecule has 2 saturated heterocycles. The van der Waals surface area contributed by atoms with E-state index in [1.165, 1.54) is 16.5 Å². The second-order valence-electron chi connectivity index (χ2n) is 10.1. The van der Waals surface area contributed by atoms with E-state index in [0.717, 1.165) is 44.6 Å². The minimum absolute atomic E-state index is 0.0638. The van der Waals surface area contributed by atoms with Crippen molar-refractivity contribution in [1.82, 2.24) is 10.2 Å². The van der Waals surface area contributed by atoms with Crippen molar-refractivity contribution in [2.45, 2.75) is 50.6 Å². The minimum atomic E-state index is -4.94. The van der Waals surface area contributed by atoms with Crippen LogP contribution in [0.15, 0.2) is 48.5 Å². The van der Waals surface area contributed by atoms with Crippen LogP contribution in [0.1, 0.15) is 43.2 Å². The summed E-state index contributed by atoms with van der Waals surface area (Å²) in [6.07, 6.45) is -2.05. The highest BCUT2D eigenvalue weighted by Gasteiger charge is 2.41. The predicted molar refractivity (Wildman–Crippen MR) is 136 cm³/mol. The summed E-state index contributed by atoms with van der Waals surface area (Å²) in [5, 5.41) is 23.7. The number of ether oxygens (including phenoxy) is 1. The Bertz CT molecular complexity index is 1120. The van der Waals surface area contributed by atoms with Crippen molar-refractivity contribution < 1.29 is 27.8 Å². The monoisotopic (exact) mass is 530 g/mol. The van der Waals surface area contributed by atoms with Crippen molar-refractivity contribution in [3.8, 4) is 11.8 Å². The van der Waals surface area contributed by atoms with Gasteiger partial charge in [0, 0.05) is 24.8 Å². The van der Waals surface area contributed by atoms with Gasteiger partial charge in [-0.25, -0.2) is 0 Å². The molecule has 1 amide bonds. The highest BCUT2D eigenvalue weighted by atomic mass is 19.4. The topological polar surface area (TPSA) is 88.8 Å². The van der Waals surface area contributed by atoms with Crippen LogP contribution in [-0.2, 0) is 11.3 Å². The molecule has 38 heavy (non-hydrogen) atoms. The molecule has 2 aliphatic rings. The molecule has 2 N–H and O–H groups in total. The Labute approximate surface area is 220 Å². The van der Waals surface area contributed by atoms with Crippen LogP contribution in [0.2, 0.25) is 0 Å². The molecule has 2 aromatic rings. The summed E-state index contributed by atoms with van der Waals surface area (Å²) in [5.74, 6) is -0.811. The molecule has 2 aliphatic heterocycles. The van der Waals surface area contributed by atoms with Gasteiger partial charge in [-0.2, -0.15) is 5.26 Å². The van der Waals surface area contributed by atoms with Crippen LogP contribution < -0.4 is 15.0 Å². The summed E-state index contributed by atoms with van der Waals surface area (Å²) in [6.45, 7) is 3.83. The summed E-state index contributed by atoms with van der Waals surface area (Å²) >= 11 is 0. The van der Waals surface area contributed by atoms with Crippen molar-refractivity contribution in [3.05, 3.63) is 59.7 Å². The zero-order valence-electron chi connectivity index (χ0n) is 21.2. The number of halogens is 3. The summed E-state index contributed by atoms with van der Waals surface area (Å²) < 4.78 is 42.9. The van der Waals surface area contributed by atoms with E-state index < -0.39 is 23.6 Å². The first-order valence-corrected chi connectivity index (χ1v) is 13.0. The second kappa shape index (κ2) is 12.2. The average Bonchev–Trinajstić information content (AvgIpc) is 2.89. The normalized spacial score (nSPS) is 18.5. The Morgan fingerprint density at radius 2 is 1.84 bits per heavy atom. The molecule has 2 fully saturated rings. The van der Waals surface area contributed by atoms with Gasteiger partial charge in [0.1, 0.15) is 11.4 Å². The molecule has 0 radical (unpaired) electrons. The molecule has 0 bridgehead atoms. The zero-order valence-corrected chi connectivity index (χ0v) is 21.2. The molecule has 0 spiro atoms. The third-order valence-electron chi connectivity index (χ3n) is 7.36. The Morgan fingerprint density at radius 3 is 2.47 bits per heavy atom. The molecule has 2 heterocycles. The number of carbonyl (C=O) groups is 1. The summed E-state index contributed by atoms with van der Waals surface area (Å²) in [4.78, 5) is 17.4. The van der Waals surface area contributed by atoms with Gasteiger partial charge >= 0.3 is 6.36 Å². The summed E-state index contributed by atoms with van der Waals surface area (Å²) in [7, 11) is 0. The maximum Gasteiger partial charge on any atom is 0.573 e. The molecule has 2 aromatic carbocycles. The van der Waals surface area contributed by atoms with E-state index in [-0.39, 0.29) is 30.6 Å². The number of nitrogens with one attached hydrogen (secondary N) is 1. The first-order valence-electron chi connectivity index (χ1n) is 13.0. The third-order valence-corrected chi connectivity index (χ3v) is 7.36. The van der Waals surface area contributed by atoms with Gasteiger partial charge in [0.25, 0.3) is 5.91 Å². The van der Waals surface area contributed by atoms with E-state index in [1.54, 1.807) is 0 Å². The second-order valence-corrected chi connectivity index (χ2v) is 10.1. The number of likely N-dealkylation sites (tertiary alicyclic amines) is 1. The number of anilines is 1. The molecule has 0 aromatic heterocycles. The number of benzene rings is 2. The van der Waals surface area contributed by atoms with Crippen molar-refractivity contribution >= 4 is 11.6 Å². The van der Waals surface area contributed by atoms with Gasteiger partial charge in [-0.05, 0) is 81.9 Å². The maximum atomic E-state index is 13.6. The Kier molecular flexibility index (Phi) is 8.92. The lowest BCUT2D eigenvalue weighted by Crippen LogP contribution is -2.54. The smallest absolute Gasteiger partial charge is 0.406 e. The fourth-order valence-corrected chi connectivity index (χ4v) is 5.24. The number of hydrogen-bond acceptors (Lipinski definition) is 6. The Hall–Kier alpha value is -3.13. The molecule has 204 valence electrons. The lowest BCUT2D eigenvalue weighted by Gasteiger charge is -2.37. The molecule has 0 saturated carbocycles. The fraction of sp³-hybridized carbons (Fsp3) is 0.500. The van der Waals surface area contributed by atoms with Crippen molar-refractivity contribution in [1.29, 1.82) is 5.26 Å². The van der Waals surface area contributed by atoms with Crippen LogP contribution in [0.3, 0.4) is 0 Å². The largest absolute Gasteiger partial charge is 0.573 e. The van der Waals surface area contributed by atoms with Gasteiger partial charge in [-0.15, -0.1) is 13.2 Å². The molecular weight excluding hydrogens is 497 g/mol. The van der Waals surface area contributed by atoms with E-state index in [1.807, 2.05) is 24.3 Å². The van der Waals surface area contributed by atoms with Crippen LogP contribution in [0.5, 0.6) is 5.75 Å².